The smallest absolute Gasteiger partial charge is 0.247 e. The van der Waals surface area contributed by atoms with Crippen molar-refractivity contribution in [2.75, 3.05) is 24.5 Å². The maximum absolute atomic E-state index is 13.5. The summed E-state index contributed by atoms with van der Waals surface area (Å²) in [4.78, 5) is 28.4. The monoisotopic (exact) mass is 471 g/mol. The highest BCUT2D eigenvalue weighted by atomic mass is 32.2. The predicted octanol–water partition coefficient (Wildman–Crippen LogP) is 3.26. The fraction of sp³-hybridized carbons (Fsp3) is 0.440. The van der Waals surface area contributed by atoms with Crippen LogP contribution in [0.5, 0.6) is 0 Å². The number of sulfonamides is 1. The first-order chi connectivity index (χ1) is 15.5. The van der Waals surface area contributed by atoms with Gasteiger partial charge in [-0.3, -0.25) is 14.5 Å². The Morgan fingerprint density at radius 1 is 1.09 bits per heavy atom. The molecule has 0 aliphatic carbocycles. The third-order valence-electron chi connectivity index (χ3n) is 6.16. The fourth-order valence-electron chi connectivity index (χ4n) is 4.01. The molecule has 0 aromatic heterocycles. The lowest BCUT2D eigenvalue weighted by molar-refractivity contribution is -0.132. The van der Waals surface area contributed by atoms with Crippen molar-refractivity contribution >= 4 is 27.5 Å². The van der Waals surface area contributed by atoms with Crippen molar-refractivity contribution in [2.24, 2.45) is 5.92 Å². The van der Waals surface area contributed by atoms with Gasteiger partial charge >= 0.3 is 0 Å². The van der Waals surface area contributed by atoms with E-state index < -0.39 is 21.5 Å². The van der Waals surface area contributed by atoms with Gasteiger partial charge in [-0.05, 0) is 68.5 Å². The third-order valence-corrected chi connectivity index (χ3v) is 7.97. The van der Waals surface area contributed by atoms with E-state index in [-0.39, 0.29) is 23.9 Å². The largest absolute Gasteiger partial charge is 0.354 e. The molecule has 1 aliphatic rings. The maximum atomic E-state index is 13.5. The molecule has 0 saturated carbocycles. The van der Waals surface area contributed by atoms with E-state index in [1.807, 2.05) is 26.0 Å². The number of carbonyl (C=O) groups is 2. The molecule has 178 valence electrons. The third kappa shape index (κ3) is 5.12. The molecule has 2 aromatic carbocycles. The molecular weight excluding hydrogens is 438 g/mol. The Balaban J connectivity index is 2.02. The van der Waals surface area contributed by atoms with Crippen LogP contribution in [0.3, 0.4) is 0 Å². The molecule has 1 aliphatic heterocycles. The van der Waals surface area contributed by atoms with Crippen LogP contribution in [0.25, 0.3) is 0 Å². The predicted molar refractivity (Wildman–Crippen MR) is 129 cm³/mol. The number of anilines is 1. The van der Waals surface area contributed by atoms with E-state index in [9.17, 15) is 18.0 Å². The van der Waals surface area contributed by atoms with Crippen molar-refractivity contribution in [3.05, 3.63) is 59.7 Å². The molecule has 0 unspecified atom stereocenters. The van der Waals surface area contributed by atoms with Gasteiger partial charge < -0.3 is 5.32 Å². The van der Waals surface area contributed by atoms with Crippen LogP contribution in [0.2, 0.25) is 0 Å². The van der Waals surface area contributed by atoms with Crippen LogP contribution in [-0.2, 0) is 19.6 Å². The van der Waals surface area contributed by atoms with Crippen molar-refractivity contribution < 1.29 is 18.0 Å². The first-order valence-corrected chi connectivity index (χ1v) is 12.6. The molecule has 0 spiro atoms. The van der Waals surface area contributed by atoms with Crippen LogP contribution in [0.1, 0.15) is 38.3 Å². The molecule has 2 amide bonds. The molecule has 1 heterocycles. The fourth-order valence-corrected chi connectivity index (χ4v) is 5.51. The van der Waals surface area contributed by atoms with E-state index in [2.05, 4.69) is 19.2 Å². The average molecular weight is 472 g/mol. The molecule has 2 aromatic rings. The van der Waals surface area contributed by atoms with Crippen molar-refractivity contribution in [1.82, 2.24) is 9.62 Å². The topological polar surface area (TPSA) is 86.8 Å². The van der Waals surface area contributed by atoms with Crippen LogP contribution in [0, 0.1) is 19.8 Å². The van der Waals surface area contributed by atoms with E-state index in [1.165, 1.54) is 17.0 Å². The first-order valence-electron chi connectivity index (χ1n) is 11.2. The molecule has 1 N–H and O–H groups in total. The summed E-state index contributed by atoms with van der Waals surface area (Å²) >= 11 is 0. The van der Waals surface area contributed by atoms with Gasteiger partial charge in [0.15, 0.2) is 0 Å². The van der Waals surface area contributed by atoms with E-state index >= 15 is 0 Å². The maximum Gasteiger partial charge on any atom is 0.247 e. The van der Waals surface area contributed by atoms with Gasteiger partial charge in [-0.25, -0.2) is 8.42 Å². The summed E-state index contributed by atoms with van der Waals surface area (Å²) in [6.07, 6.45) is 0.783. The summed E-state index contributed by atoms with van der Waals surface area (Å²) in [5.74, 6) is -0.412. The number of nitrogens with zero attached hydrogens (tertiary/aromatic N) is 2. The van der Waals surface area contributed by atoms with Gasteiger partial charge in [0, 0.05) is 18.8 Å². The molecule has 1 saturated heterocycles. The molecule has 7 nitrogen and oxygen atoms in total. The minimum atomic E-state index is -3.95. The number of benzene rings is 2. The number of carbonyl (C=O) groups excluding carboxylic acids is 2. The standard InChI is InChI=1S/C25H33N3O4S/c1-18(2)13-14-26-24(30)25(5)17-27(33(31,32)22-9-7-6-8-10-22)16-23(29)28(25)21-12-11-19(3)20(4)15-21/h6-12,15,18H,13-14,16-17H2,1-5H3,(H,26,30)/t25-/m0/s1. The number of nitrogens with one attached hydrogen (secondary N) is 1. The van der Waals surface area contributed by atoms with Gasteiger partial charge in [0.2, 0.25) is 21.8 Å². The van der Waals surface area contributed by atoms with Gasteiger partial charge in [0.1, 0.15) is 5.54 Å². The lowest BCUT2D eigenvalue weighted by Gasteiger charge is -2.46. The van der Waals surface area contributed by atoms with Crippen LogP contribution >= 0.6 is 0 Å². The number of hydrogen-bond acceptors (Lipinski definition) is 4. The van der Waals surface area contributed by atoms with E-state index in [0.29, 0.717) is 18.2 Å². The van der Waals surface area contributed by atoms with Crippen molar-refractivity contribution in [2.45, 2.75) is 51.5 Å². The Morgan fingerprint density at radius 2 is 1.76 bits per heavy atom. The van der Waals surface area contributed by atoms with Gasteiger partial charge in [0.05, 0.1) is 11.4 Å². The zero-order valence-corrected chi connectivity index (χ0v) is 20.8. The van der Waals surface area contributed by atoms with Gasteiger partial charge in [-0.2, -0.15) is 4.31 Å². The minimum Gasteiger partial charge on any atom is -0.354 e. The molecule has 1 fully saturated rings. The Bertz CT molecular complexity index is 1130. The van der Waals surface area contributed by atoms with Crippen molar-refractivity contribution in [3.8, 4) is 0 Å². The lowest BCUT2D eigenvalue weighted by Crippen LogP contribution is -2.70. The summed E-state index contributed by atoms with van der Waals surface area (Å²) in [5.41, 5.74) is 1.23. The number of amides is 2. The summed E-state index contributed by atoms with van der Waals surface area (Å²) in [7, 11) is -3.95. The highest BCUT2D eigenvalue weighted by Crippen LogP contribution is 2.33. The molecule has 3 rings (SSSR count). The summed E-state index contributed by atoms with van der Waals surface area (Å²) in [5, 5.41) is 2.93. The first kappa shape index (κ1) is 24.9. The second kappa shape index (κ2) is 9.65. The molecular formula is C25H33N3O4S. The van der Waals surface area contributed by atoms with Crippen LogP contribution in [0.4, 0.5) is 5.69 Å². The number of rotatable bonds is 7. The Labute approximate surface area is 196 Å². The van der Waals surface area contributed by atoms with E-state index in [1.54, 1.807) is 31.2 Å². The summed E-state index contributed by atoms with van der Waals surface area (Å²) in [6.45, 7) is 9.66. The minimum absolute atomic E-state index is 0.0972. The van der Waals surface area contributed by atoms with Crippen molar-refractivity contribution in [1.29, 1.82) is 0 Å². The van der Waals surface area contributed by atoms with Crippen LogP contribution in [0.15, 0.2) is 53.4 Å². The highest BCUT2D eigenvalue weighted by Gasteiger charge is 2.51. The summed E-state index contributed by atoms with van der Waals surface area (Å²) in [6, 6.07) is 13.6. The van der Waals surface area contributed by atoms with Gasteiger partial charge in [-0.15, -0.1) is 0 Å². The molecule has 0 bridgehead atoms. The van der Waals surface area contributed by atoms with Crippen LogP contribution in [-0.4, -0.2) is 49.7 Å². The lowest BCUT2D eigenvalue weighted by atomic mass is 9.93. The Kier molecular flexibility index (Phi) is 7.29. The highest BCUT2D eigenvalue weighted by molar-refractivity contribution is 7.89. The quantitative estimate of drug-likeness (QED) is 0.672. The average Bonchev–Trinajstić information content (AvgIpc) is 2.76. The Hall–Kier alpha value is -2.71. The molecule has 33 heavy (non-hydrogen) atoms. The zero-order valence-electron chi connectivity index (χ0n) is 20.0. The molecule has 1 atom stereocenters. The van der Waals surface area contributed by atoms with Gasteiger partial charge in [0.25, 0.3) is 0 Å². The SMILES string of the molecule is Cc1ccc(N2C(=O)CN(S(=O)(=O)c3ccccc3)C[C@@]2(C)C(=O)NCCC(C)C)cc1C. The second-order valence-corrected chi connectivity index (χ2v) is 11.2. The van der Waals surface area contributed by atoms with Gasteiger partial charge in [-0.1, -0.05) is 38.1 Å². The zero-order chi connectivity index (χ0) is 24.4. The normalized spacial score (nSPS) is 19.7. The molecule has 8 heteroatoms. The summed E-state index contributed by atoms with van der Waals surface area (Å²) < 4.78 is 27.7. The second-order valence-electron chi connectivity index (χ2n) is 9.30. The number of aryl methyl sites for hydroxylation is 2. The van der Waals surface area contributed by atoms with E-state index in [0.717, 1.165) is 21.9 Å². The Morgan fingerprint density at radius 3 is 2.36 bits per heavy atom. The van der Waals surface area contributed by atoms with Crippen LogP contribution < -0.4 is 10.2 Å². The van der Waals surface area contributed by atoms with E-state index in [4.69, 9.17) is 0 Å². The van der Waals surface area contributed by atoms with Crippen molar-refractivity contribution in [3.63, 3.8) is 0 Å². The number of piperazine rings is 1. The number of hydrogen-bond donors (Lipinski definition) is 1. The molecule has 0 radical (unpaired) electrons.